The second-order valence-electron chi connectivity index (χ2n) is 6.32. The number of ether oxygens (including phenoxy) is 1. The average molecular weight is 299 g/mol. The number of nitrogens with zero attached hydrogens (tertiary/aromatic N) is 3. The molecule has 1 atom stereocenters. The molecule has 1 aromatic carbocycles. The zero-order chi connectivity index (χ0) is 15.5. The summed E-state index contributed by atoms with van der Waals surface area (Å²) in [4.78, 5) is 6.76. The van der Waals surface area contributed by atoms with Crippen molar-refractivity contribution in [2.24, 2.45) is 0 Å². The smallest absolute Gasteiger partial charge is 0.124 e. The molecule has 22 heavy (non-hydrogen) atoms. The number of aromatic nitrogens is 2. The van der Waals surface area contributed by atoms with Crippen molar-refractivity contribution < 1.29 is 4.74 Å². The molecule has 0 N–H and O–H groups in total. The molecule has 1 aliphatic heterocycles. The Morgan fingerprint density at radius 3 is 2.82 bits per heavy atom. The van der Waals surface area contributed by atoms with Gasteiger partial charge in [0, 0.05) is 38.1 Å². The molecule has 0 saturated carbocycles. The van der Waals surface area contributed by atoms with E-state index in [9.17, 15) is 0 Å². The van der Waals surface area contributed by atoms with Gasteiger partial charge < -0.3 is 9.30 Å². The van der Waals surface area contributed by atoms with E-state index in [4.69, 9.17) is 4.74 Å². The fourth-order valence-corrected chi connectivity index (χ4v) is 2.93. The van der Waals surface area contributed by atoms with Crippen LogP contribution in [0.25, 0.3) is 0 Å². The minimum atomic E-state index is 0.333. The molecule has 3 rings (SSSR count). The van der Waals surface area contributed by atoms with Gasteiger partial charge in [-0.3, -0.25) is 4.90 Å². The number of hydrogen-bond donors (Lipinski definition) is 0. The van der Waals surface area contributed by atoms with Crippen molar-refractivity contribution in [3.8, 4) is 5.75 Å². The van der Waals surface area contributed by atoms with E-state index in [1.165, 1.54) is 5.56 Å². The van der Waals surface area contributed by atoms with Crippen molar-refractivity contribution in [2.45, 2.75) is 45.9 Å². The molecule has 2 aromatic rings. The lowest BCUT2D eigenvalue weighted by Gasteiger charge is -2.43. The number of likely N-dealkylation sites (tertiary alicyclic amines) is 1. The molecule has 0 spiro atoms. The maximum absolute atomic E-state index is 6.02. The molecule has 0 radical (unpaired) electrons. The van der Waals surface area contributed by atoms with E-state index in [2.05, 4.69) is 59.6 Å². The largest absolute Gasteiger partial charge is 0.488 e. The van der Waals surface area contributed by atoms with Crippen molar-refractivity contribution in [2.75, 3.05) is 13.1 Å². The highest BCUT2D eigenvalue weighted by Gasteiger charge is 2.31. The Morgan fingerprint density at radius 1 is 1.32 bits per heavy atom. The first-order valence-corrected chi connectivity index (χ1v) is 8.07. The van der Waals surface area contributed by atoms with Crippen molar-refractivity contribution in [3.63, 3.8) is 0 Å². The molecule has 118 valence electrons. The third-order valence-electron chi connectivity index (χ3n) is 4.50. The van der Waals surface area contributed by atoms with Gasteiger partial charge in [0.25, 0.3) is 0 Å². The highest BCUT2D eigenvalue weighted by molar-refractivity contribution is 5.27. The van der Waals surface area contributed by atoms with Gasteiger partial charge in [-0.1, -0.05) is 12.1 Å². The van der Waals surface area contributed by atoms with Crippen LogP contribution in [0.5, 0.6) is 5.75 Å². The molecule has 4 heteroatoms. The van der Waals surface area contributed by atoms with Crippen LogP contribution in [0.2, 0.25) is 0 Å². The van der Waals surface area contributed by atoms with Gasteiger partial charge in [0.05, 0.1) is 0 Å². The van der Waals surface area contributed by atoms with E-state index in [0.717, 1.165) is 37.6 Å². The lowest BCUT2D eigenvalue weighted by molar-refractivity contribution is -0.00751. The summed E-state index contributed by atoms with van der Waals surface area (Å²) in [6.07, 6.45) is 5.41. The van der Waals surface area contributed by atoms with Crippen molar-refractivity contribution in [1.82, 2.24) is 14.5 Å². The second-order valence-corrected chi connectivity index (χ2v) is 6.32. The molecule has 0 amide bonds. The van der Waals surface area contributed by atoms with Gasteiger partial charge in [-0.25, -0.2) is 4.98 Å². The minimum Gasteiger partial charge on any atom is -0.488 e. The average Bonchev–Trinajstić information content (AvgIpc) is 2.85. The molecule has 2 heterocycles. The highest BCUT2D eigenvalue weighted by Crippen LogP contribution is 2.21. The lowest BCUT2D eigenvalue weighted by Crippen LogP contribution is -2.57. The van der Waals surface area contributed by atoms with Gasteiger partial charge in [0.2, 0.25) is 0 Å². The molecule has 1 saturated heterocycles. The number of imidazole rings is 1. The first-order chi connectivity index (χ1) is 10.6. The standard InChI is InChI=1S/C18H25N3O/c1-14-5-4-6-17(11-14)22-18-12-21(13-18)15(2)7-9-20-10-8-19-16(20)3/h4-6,8,10-11,15,18H,7,9,12-13H2,1-3H3. The summed E-state index contributed by atoms with van der Waals surface area (Å²) in [6.45, 7) is 9.54. The van der Waals surface area contributed by atoms with Gasteiger partial charge in [0.1, 0.15) is 17.7 Å². The lowest BCUT2D eigenvalue weighted by atomic mass is 10.1. The molecule has 0 bridgehead atoms. The zero-order valence-corrected chi connectivity index (χ0v) is 13.7. The van der Waals surface area contributed by atoms with E-state index in [1.807, 2.05) is 12.3 Å². The Balaban J connectivity index is 1.42. The summed E-state index contributed by atoms with van der Waals surface area (Å²) in [5.74, 6) is 2.09. The maximum Gasteiger partial charge on any atom is 0.124 e. The summed E-state index contributed by atoms with van der Waals surface area (Å²) in [5, 5.41) is 0. The summed E-state index contributed by atoms with van der Waals surface area (Å²) < 4.78 is 8.24. The Bertz CT molecular complexity index is 616. The van der Waals surface area contributed by atoms with Gasteiger partial charge in [-0.15, -0.1) is 0 Å². The van der Waals surface area contributed by atoms with E-state index >= 15 is 0 Å². The van der Waals surface area contributed by atoms with Crippen LogP contribution >= 0.6 is 0 Å². The minimum absolute atomic E-state index is 0.333. The molecular formula is C18H25N3O. The summed E-state index contributed by atoms with van der Waals surface area (Å²) >= 11 is 0. The van der Waals surface area contributed by atoms with Crippen molar-refractivity contribution in [1.29, 1.82) is 0 Å². The monoisotopic (exact) mass is 299 g/mol. The molecular weight excluding hydrogens is 274 g/mol. The van der Waals surface area contributed by atoms with Crippen LogP contribution in [-0.4, -0.2) is 39.7 Å². The van der Waals surface area contributed by atoms with Gasteiger partial charge in [-0.05, 0) is 44.9 Å². The van der Waals surface area contributed by atoms with Crippen molar-refractivity contribution >= 4 is 0 Å². The Labute approximate surface area is 132 Å². The van der Waals surface area contributed by atoms with E-state index < -0.39 is 0 Å². The SMILES string of the molecule is Cc1cccc(OC2CN(C(C)CCn3ccnc3C)C2)c1. The predicted molar refractivity (Wildman–Crippen MR) is 88.2 cm³/mol. The molecule has 1 fully saturated rings. The fourth-order valence-electron chi connectivity index (χ4n) is 2.93. The molecule has 1 aromatic heterocycles. The topological polar surface area (TPSA) is 30.3 Å². The third-order valence-corrected chi connectivity index (χ3v) is 4.50. The second kappa shape index (κ2) is 6.53. The van der Waals surface area contributed by atoms with E-state index in [0.29, 0.717) is 12.1 Å². The summed E-state index contributed by atoms with van der Waals surface area (Å²) in [6, 6.07) is 8.88. The van der Waals surface area contributed by atoms with Crippen LogP contribution in [0.1, 0.15) is 24.7 Å². The van der Waals surface area contributed by atoms with Crippen LogP contribution in [0.15, 0.2) is 36.7 Å². The van der Waals surface area contributed by atoms with E-state index in [1.54, 1.807) is 0 Å². The van der Waals surface area contributed by atoms with Crippen LogP contribution in [0.4, 0.5) is 0 Å². The Kier molecular flexibility index (Phi) is 4.48. The zero-order valence-electron chi connectivity index (χ0n) is 13.7. The molecule has 1 unspecified atom stereocenters. The number of rotatable bonds is 6. The maximum atomic E-state index is 6.02. The van der Waals surface area contributed by atoms with E-state index in [-0.39, 0.29) is 0 Å². The van der Waals surface area contributed by atoms with Crippen LogP contribution < -0.4 is 4.74 Å². The molecule has 0 aliphatic carbocycles. The summed E-state index contributed by atoms with van der Waals surface area (Å²) in [5.41, 5.74) is 1.25. The van der Waals surface area contributed by atoms with Crippen LogP contribution in [-0.2, 0) is 6.54 Å². The van der Waals surface area contributed by atoms with Gasteiger partial charge in [0.15, 0.2) is 0 Å². The number of aryl methyl sites for hydroxylation is 3. The van der Waals surface area contributed by atoms with Crippen molar-refractivity contribution in [3.05, 3.63) is 48.0 Å². The first kappa shape index (κ1) is 15.1. The third kappa shape index (κ3) is 3.50. The first-order valence-electron chi connectivity index (χ1n) is 8.07. The fraction of sp³-hybridized carbons (Fsp3) is 0.500. The van der Waals surface area contributed by atoms with Crippen LogP contribution in [0.3, 0.4) is 0 Å². The quantitative estimate of drug-likeness (QED) is 0.821. The van der Waals surface area contributed by atoms with Gasteiger partial charge in [-0.2, -0.15) is 0 Å². The number of hydrogen-bond acceptors (Lipinski definition) is 3. The molecule has 4 nitrogen and oxygen atoms in total. The van der Waals surface area contributed by atoms with Gasteiger partial charge >= 0.3 is 0 Å². The molecule has 1 aliphatic rings. The van der Waals surface area contributed by atoms with Crippen LogP contribution in [0, 0.1) is 13.8 Å². The Hall–Kier alpha value is -1.81. The number of benzene rings is 1. The summed E-state index contributed by atoms with van der Waals surface area (Å²) in [7, 11) is 0. The Morgan fingerprint density at radius 2 is 2.14 bits per heavy atom. The predicted octanol–water partition coefficient (Wildman–Crippen LogP) is 3.04. The normalized spacial score (nSPS) is 17.2. The highest BCUT2D eigenvalue weighted by atomic mass is 16.5.